The fraction of sp³-hybridized carbons (Fsp3) is 0.500. The molecule has 9 heteroatoms. The van der Waals surface area contributed by atoms with Crippen molar-refractivity contribution in [2.24, 2.45) is 11.1 Å². The Labute approximate surface area is 194 Å². The van der Waals surface area contributed by atoms with Crippen molar-refractivity contribution in [2.75, 3.05) is 39.8 Å². The summed E-state index contributed by atoms with van der Waals surface area (Å²) in [6, 6.07) is 9.42. The summed E-state index contributed by atoms with van der Waals surface area (Å²) < 4.78 is 5.89. The molecule has 1 aliphatic heterocycles. The summed E-state index contributed by atoms with van der Waals surface area (Å²) in [5.41, 5.74) is 5.93. The Morgan fingerprint density at radius 3 is 2.42 bits per heavy atom. The van der Waals surface area contributed by atoms with E-state index in [1.165, 1.54) is 0 Å². The highest BCUT2D eigenvalue weighted by molar-refractivity contribution is 5.98. The Kier molecular flexibility index (Phi) is 7.99. The minimum absolute atomic E-state index is 0.100. The second-order valence-electron chi connectivity index (χ2n) is 9.19. The zero-order valence-electron chi connectivity index (χ0n) is 19.6. The number of benzene rings is 1. The van der Waals surface area contributed by atoms with Crippen LogP contribution in [0.15, 0.2) is 34.7 Å². The molecule has 2 amide bonds. The summed E-state index contributed by atoms with van der Waals surface area (Å²) in [4.78, 5) is 45.8. The molecule has 1 aromatic heterocycles. The van der Waals surface area contributed by atoms with Gasteiger partial charge in [0, 0.05) is 50.1 Å². The van der Waals surface area contributed by atoms with Crippen molar-refractivity contribution in [3.63, 3.8) is 0 Å². The summed E-state index contributed by atoms with van der Waals surface area (Å²) in [6.07, 6.45) is 0.403. The first-order valence-electron chi connectivity index (χ1n) is 11.2. The SMILES string of the molecule is CN1CCN(Cc2nc(-c3ccccc3)oc2C(=O)CNC(=O)CCC(C)(C)C(N)=O)CC1. The van der Waals surface area contributed by atoms with Crippen LogP contribution in [-0.2, 0) is 16.1 Å². The third-order valence-electron chi connectivity index (χ3n) is 6.03. The number of carbonyl (C=O) groups excluding carboxylic acids is 3. The number of carbonyl (C=O) groups is 3. The molecular weight excluding hydrogens is 422 g/mol. The fourth-order valence-electron chi connectivity index (χ4n) is 3.50. The highest BCUT2D eigenvalue weighted by atomic mass is 16.4. The lowest BCUT2D eigenvalue weighted by Crippen LogP contribution is -2.44. The van der Waals surface area contributed by atoms with Gasteiger partial charge in [0.05, 0.1) is 6.54 Å². The van der Waals surface area contributed by atoms with Gasteiger partial charge in [-0.15, -0.1) is 0 Å². The van der Waals surface area contributed by atoms with E-state index in [1.807, 2.05) is 30.3 Å². The van der Waals surface area contributed by atoms with E-state index in [0.717, 1.165) is 31.7 Å². The van der Waals surface area contributed by atoms with Gasteiger partial charge in [-0.1, -0.05) is 32.0 Å². The van der Waals surface area contributed by atoms with Crippen molar-refractivity contribution < 1.29 is 18.8 Å². The molecule has 3 N–H and O–H groups in total. The van der Waals surface area contributed by atoms with Crippen LogP contribution in [0.5, 0.6) is 0 Å². The number of oxazole rings is 1. The molecule has 33 heavy (non-hydrogen) atoms. The molecule has 0 radical (unpaired) electrons. The van der Waals surface area contributed by atoms with Crippen LogP contribution < -0.4 is 11.1 Å². The molecule has 1 aromatic carbocycles. The lowest BCUT2D eigenvalue weighted by atomic mass is 9.87. The number of hydrogen-bond donors (Lipinski definition) is 2. The smallest absolute Gasteiger partial charge is 0.227 e. The molecule has 3 rings (SSSR count). The Hall–Kier alpha value is -3.04. The van der Waals surface area contributed by atoms with Gasteiger partial charge in [0.25, 0.3) is 0 Å². The highest BCUT2D eigenvalue weighted by Crippen LogP contribution is 2.24. The van der Waals surface area contributed by atoms with E-state index in [-0.39, 0.29) is 30.4 Å². The third-order valence-corrected chi connectivity index (χ3v) is 6.03. The van der Waals surface area contributed by atoms with E-state index >= 15 is 0 Å². The number of nitrogens with two attached hydrogens (primary N) is 1. The normalized spacial score (nSPS) is 15.4. The van der Waals surface area contributed by atoms with Gasteiger partial charge in [0.1, 0.15) is 5.69 Å². The number of likely N-dealkylation sites (N-methyl/N-ethyl adjacent to an activating group) is 1. The van der Waals surface area contributed by atoms with E-state index in [1.54, 1.807) is 13.8 Å². The number of rotatable bonds is 10. The monoisotopic (exact) mass is 455 g/mol. The van der Waals surface area contributed by atoms with Crippen LogP contribution in [0.25, 0.3) is 11.5 Å². The molecule has 2 aromatic rings. The first-order chi connectivity index (χ1) is 15.7. The Bertz CT molecular complexity index is 978. The second-order valence-corrected chi connectivity index (χ2v) is 9.19. The zero-order valence-corrected chi connectivity index (χ0v) is 19.6. The number of ketones is 1. The number of piperazine rings is 1. The van der Waals surface area contributed by atoms with Crippen LogP contribution in [0.1, 0.15) is 42.9 Å². The molecule has 1 aliphatic rings. The largest absolute Gasteiger partial charge is 0.433 e. The standard InChI is InChI=1S/C24H33N5O4/c1-24(2,23(25)32)10-9-20(31)26-15-19(30)21-18(16-29-13-11-28(3)12-14-29)27-22(33-21)17-7-5-4-6-8-17/h4-8H,9-16H2,1-3H3,(H2,25,32)(H,26,31). The average Bonchev–Trinajstić information content (AvgIpc) is 3.22. The molecule has 0 aliphatic carbocycles. The molecule has 178 valence electrons. The molecule has 9 nitrogen and oxygen atoms in total. The van der Waals surface area contributed by atoms with Crippen molar-refractivity contribution in [2.45, 2.75) is 33.2 Å². The predicted octanol–water partition coefficient (Wildman–Crippen LogP) is 1.68. The van der Waals surface area contributed by atoms with E-state index in [4.69, 9.17) is 10.2 Å². The molecular formula is C24H33N5O4. The predicted molar refractivity (Wildman–Crippen MR) is 124 cm³/mol. The van der Waals surface area contributed by atoms with Crippen LogP contribution in [0.2, 0.25) is 0 Å². The Morgan fingerprint density at radius 2 is 1.79 bits per heavy atom. The minimum atomic E-state index is -0.785. The van der Waals surface area contributed by atoms with Crippen molar-refractivity contribution in [3.8, 4) is 11.5 Å². The summed E-state index contributed by atoms with van der Waals surface area (Å²) in [5.74, 6) is -0.560. The molecule has 0 atom stereocenters. The van der Waals surface area contributed by atoms with Crippen LogP contribution in [0, 0.1) is 5.41 Å². The van der Waals surface area contributed by atoms with Crippen molar-refractivity contribution in [3.05, 3.63) is 41.8 Å². The average molecular weight is 456 g/mol. The van der Waals surface area contributed by atoms with E-state index in [0.29, 0.717) is 24.6 Å². The molecule has 0 bridgehead atoms. The van der Waals surface area contributed by atoms with Gasteiger partial charge >= 0.3 is 0 Å². The molecule has 0 spiro atoms. The number of nitrogens with one attached hydrogen (secondary N) is 1. The van der Waals surface area contributed by atoms with Crippen molar-refractivity contribution in [1.29, 1.82) is 0 Å². The summed E-state index contributed by atoms with van der Waals surface area (Å²) in [7, 11) is 2.09. The number of nitrogens with zero attached hydrogens (tertiary/aromatic N) is 3. The first kappa shape index (κ1) is 24.6. The lowest BCUT2D eigenvalue weighted by molar-refractivity contribution is -0.127. The number of Topliss-reactive ketones (excluding diaryl/α,β-unsaturated/α-hetero) is 1. The van der Waals surface area contributed by atoms with E-state index < -0.39 is 11.3 Å². The van der Waals surface area contributed by atoms with Gasteiger partial charge < -0.3 is 20.4 Å². The number of aromatic nitrogens is 1. The number of primary amides is 1. The maximum absolute atomic E-state index is 13.0. The molecule has 0 saturated carbocycles. The van der Waals surface area contributed by atoms with Gasteiger partial charge in [0.2, 0.25) is 23.5 Å². The maximum Gasteiger partial charge on any atom is 0.227 e. The van der Waals surface area contributed by atoms with Crippen LogP contribution in [-0.4, -0.2) is 72.2 Å². The Balaban J connectivity index is 1.69. The topological polar surface area (TPSA) is 122 Å². The zero-order chi connectivity index (χ0) is 24.0. The second kappa shape index (κ2) is 10.7. The van der Waals surface area contributed by atoms with Gasteiger partial charge in [-0.05, 0) is 25.6 Å². The summed E-state index contributed by atoms with van der Waals surface area (Å²) in [6.45, 7) is 7.35. The van der Waals surface area contributed by atoms with Crippen LogP contribution in [0.4, 0.5) is 0 Å². The quantitative estimate of drug-likeness (QED) is 0.523. The summed E-state index contributed by atoms with van der Waals surface area (Å²) in [5, 5.41) is 2.63. The highest BCUT2D eigenvalue weighted by Gasteiger charge is 2.27. The summed E-state index contributed by atoms with van der Waals surface area (Å²) >= 11 is 0. The third kappa shape index (κ3) is 6.72. The maximum atomic E-state index is 13.0. The Morgan fingerprint density at radius 1 is 1.12 bits per heavy atom. The van der Waals surface area contributed by atoms with Crippen molar-refractivity contribution >= 4 is 17.6 Å². The van der Waals surface area contributed by atoms with Crippen molar-refractivity contribution in [1.82, 2.24) is 20.1 Å². The van der Waals surface area contributed by atoms with Gasteiger partial charge in [-0.2, -0.15) is 0 Å². The van der Waals surface area contributed by atoms with Gasteiger partial charge in [0.15, 0.2) is 5.76 Å². The number of hydrogen-bond acceptors (Lipinski definition) is 7. The molecule has 1 saturated heterocycles. The molecule has 1 fully saturated rings. The molecule has 2 heterocycles. The van der Waals surface area contributed by atoms with E-state index in [9.17, 15) is 14.4 Å². The van der Waals surface area contributed by atoms with Gasteiger partial charge in [-0.3, -0.25) is 19.3 Å². The van der Waals surface area contributed by atoms with Crippen LogP contribution in [0.3, 0.4) is 0 Å². The fourth-order valence-corrected chi connectivity index (χ4v) is 3.50. The molecule has 0 unspecified atom stereocenters. The number of amides is 2. The first-order valence-corrected chi connectivity index (χ1v) is 11.2. The van der Waals surface area contributed by atoms with E-state index in [2.05, 4.69) is 27.1 Å². The minimum Gasteiger partial charge on any atom is -0.433 e. The van der Waals surface area contributed by atoms with Crippen LogP contribution >= 0.6 is 0 Å². The lowest BCUT2D eigenvalue weighted by Gasteiger charge is -2.31. The van der Waals surface area contributed by atoms with Gasteiger partial charge in [-0.25, -0.2) is 4.98 Å².